The van der Waals surface area contributed by atoms with E-state index in [0.717, 1.165) is 0 Å². The van der Waals surface area contributed by atoms with Crippen molar-refractivity contribution in [1.29, 1.82) is 0 Å². The number of carboxylic acid groups (broad SMARTS) is 1. The van der Waals surface area contributed by atoms with Gasteiger partial charge in [-0.25, -0.2) is 9.78 Å². The first-order chi connectivity index (χ1) is 13.9. The van der Waals surface area contributed by atoms with Gasteiger partial charge in [0.2, 0.25) is 0 Å². The van der Waals surface area contributed by atoms with Gasteiger partial charge in [-0.2, -0.15) is 0 Å². The number of benzene rings is 1. The quantitative estimate of drug-likeness (QED) is 0.684. The van der Waals surface area contributed by atoms with E-state index in [9.17, 15) is 9.59 Å². The molecule has 8 heteroatoms. The van der Waals surface area contributed by atoms with Crippen LogP contribution in [-0.2, 0) is 0 Å². The summed E-state index contributed by atoms with van der Waals surface area (Å²) < 4.78 is 17.2. The molecule has 0 saturated carbocycles. The molecule has 1 aromatic carbocycles. The van der Waals surface area contributed by atoms with Gasteiger partial charge in [-0.1, -0.05) is 0 Å². The molecule has 0 aliphatic heterocycles. The third-order valence-electron chi connectivity index (χ3n) is 4.49. The van der Waals surface area contributed by atoms with Crippen LogP contribution in [-0.4, -0.2) is 41.8 Å². The second-order valence-corrected chi connectivity index (χ2v) is 6.16. The number of pyridine rings is 1. The maximum atomic E-state index is 12.7. The molecule has 2 heterocycles. The molecule has 3 rings (SSSR count). The summed E-state index contributed by atoms with van der Waals surface area (Å²) in [4.78, 5) is 28.3. The monoisotopic (exact) mass is 396 g/mol. The Morgan fingerprint density at radius 3 is 2.31 bits per heavy atom. The van der Waals surface area contributed by atoms with Crippen LogP contribution in [0, 0.1) is 6.92 Å². The molecule has 0 aliphatic carbocycles. The maximum absolute atomic E-state index is 12.7. The average Bonchev–Trinajstić information content (AvgIpc) is 2.74. The van der Waals surface area contributed by atoms with Gasteiger partial charge in [-0.15, -0.1) is 0 Å². The minimum atomic E-state index is -1.11. The van der Waals surface area contributed by atoms with E-state index in [0.29, 0.717) is 39.7 Å². The Bertz CT molecular complexity index is 1180. The Hall–Kier alpha value is -3.81. The largest absolute Gasteiger partial charge is 0.496 e. The van der Waals surface area contributed by atoms with Crippen LogP contribution >= 0.6 is 0 Å². The molecule has 0 atom stereocenters. The van der Waals surface area contributed by atoms with Gasteiger partial charge < -0.3 is 19.3 Å². The molecule has 0 radical (unpaired) electrons. The van der Waals surface area contributed by atoms with Crippen molar-refractivity contribution in [3.05, 3.63) is 63.2 Å². The van der Waals surface area contributed by atoms with Gasteiger partial charge in [0.05, 0.1) is 32.6 Å². The smallest absolute Gasteiger partial charge is 0.337 e. The van der Waals surface area contributed by atoms with E-state index in [1.807, 2.05) is 0 Å². The number of carbonyl (C=O) groups is 1. The molecule has 0 fully saturated rings. The number of methoxy groups -OCH3 is 3. The fourth-order valence-electron chi connectivity index (χ4n) is 2.88. The van der Waals surface area contributed by atoms with Crippen molar-refractivity contribution in [2.24, 2.45) is 0 Å². The minimum Gasteiger partial charge on any atom is -0.496 e. The van der Waals surface area contributed by atoms with E-state index in [2.05, 4.69) is 4.98 Å². The van der Waals surface area contributed by atoms with Crippen molar-refractivity contribution in [1.82, 2.24) is 9.38 Å². The summed E-state index contributed by atoms with van der Waals surface area (Å²) >= 11 is 0. The third kappa shape index (κ3) is 3.77. The first-order valence-electron chi connectivity index (χ1n) is 8.64. The molecule has 0 saturated heterocycles. The van der Waals surface area contributed by atoms with E-state index in [4.69, 9.17) is 19.3 Å². The van der Waals surface area contributed by atoms with Crippen molar-refractivity contribution in [3.63, 3.8) is 0 Å². The summed E-state index contributed by atoms with van der Waals surface area (Å²) in [7, 11) is 4.63. The molecule has 0 unspecified atom stereocenters. The fraction of sp³-hybridized carbons (Fsp3) is 0.190. The number of fused-ring (bicyclic) bond motifs is 1. The van der Waals surface area contributed by atoms with E-state index in [1.54, 1.807) is 52.5 Å². The number of aromatic carboxylic acids is 1. The van der Waals surface area contributed by atoms with Crippen molar-refractivity contribution < 1.29 is 24.1 Å². The zero-order valence-electron chi connectivity index (χ0n) is 16.4. The van der Waals surface area contributed by atoms with Crippen LogP contribution in [0.25, 0.3) is 17.8 Å². The first kappa shape index (κ1) is 19.9. The number of hydrogen-bond donors (Lipinski definition) is 1. The summed E-state index contributed by atoms with van der Waals surface area (Å²) in [5.74, 6) is 0.535. The van der Waals surface area contributed by atoms with Crippen LogP contribution in [0.15, 0.2) is 35.3 Å². The standard InChI is InChI=1S/C21H20N2O6/c1-12-15(22-19-8-6-14(21(25)26)11-23(19)20(12)24)7-5-13-9-17(28-3)18(29-4)10-16(13)27-2/h5-11H,1-4H3,(H,25,26)/b7-5+. The highest BCUT2D eigenvalue weighted by molar-refractivity contribution is 5.87. The van der Waals surface area contributed by atoms with Crippen molar-refractivity contribution in [2.75, 3.05) is 21.3 Å². The summed E-state index contributed by atoms with van der Waals surface area (Å²) in [5, 5.41) is 9.12. The Morgan fingerprint density at radius 1 is 1.03 bits per heavy atom. The highest BCUT2D eigenvalue weighted by Gasteiger charge is 2.12. The summed E-state index contributed by atoms with van der Waals surface area (Å²) in [5.41, 5.74) is 1.60. The SMILES string of the molecule is COc1cc(OC)c(OC)cc1/C=C/c1nc2ccc(C(=O)O)cn2c(=O)c1C. The lowest BCUT2D eigenvalue weighted by atomic mass is 10.1. The Kier molecular flexibility index (Phi) is 5.54. The van der Waals surface area contributed by atoms with Crippen LogP contribution in [0.5, 0.6) is 17.2 Å². The van der Waals surface area contributed by atoms with Gasteiger partial charge in [-0.3, -0.25) is 9.20 Å². The van der Waals surface area contributed by atoms with E-state index in [-0.39, 0.29) is 11.1 Å². The summed E-state index contributed by atoms with van der Waals surface area (Å²) in [6.45, 7) is 1.64. The van der Waals surface area contributed by atoms with Crippen molar-refractivity contribution >= 4 is 23.8 Å². The third-order valence-corrected chi connectivity index (χ3v) is 4.49. The van der Waals surface area contributed by atoms with Gasteiger partial charge in [0.15, 0.2) is 11.5 Å². The van der Waals surface area contributed by atoms with E-state index in [1.165, 1.54) is 22.7 Å². The molecule has 150 valence electrons. The van der Waals surface area contributed by atoms with Gasteiger partial charge in [0, 0.05) is 23.4 Å². The van der Waals surface area contributed by atoms with Crippen LogP contribution in [0.1, 0.15) is 27.2 Å². The lowest BCUT2D eigenvalue weighted by Crippen LogP contribution is -2.20. The zero-order valence-corrected chi connectivity index (χ0v) is 16.4. The predicted molar refractivity (Wildman–Crippen MR) is 108 cm³/mol. The molecule has 2 aromatic heterocycles. The molecule has 0 spiro atoms. The number of hydrogen-bond acceptors (Lipinski definition) is 6. The number of carboxylic acids is 1. The second kappa shape index (κ2) is 8.05. The van der Waals surface area contributed by atoms with E-state index < -0.39 is 5.97 Å². The zero-order chi connectivity index (χ0) is 21.1. The van der Waals surface area contributed by atoms with Crippen LogP contribution in [0.3, 0.4) is 0 Å². The number of rotatable bonds is 6. The molecule has 8 nitrogen and oxygen atoms in total. The minimum absolute atomic E-state index is 0.0131. The molecular weight excluding hydrogens is 376 g/mol. The van der Waals surface area contributed by atoms with Crippen molar-refractivity contribution in [3.8, 4) is 17.2 Å². The van der Waals surface area contributed by atoms with Gasteiger partial charge >= 0.3 is 5.97 Å². The van der Waals surface area contributed by atoms with Gasteiger partial charge in [0.1, 0.15) is 11.4 Å². The van der Waals surface area contributed by atoms with Gasteiger partial charge in [-0.05, 0) is 37.3 Å². The Morgan fingerprint density at radius 2 is 1.69 bits per heavy atom. The molecule has 1 N–H and O–H groups in total. The fourth-order valence-corrected chi connectivity index (χ4v) is 2.88. The highest BCUT2D eigenvalue weighted by Crippen LogP contribution is 2.35. The Balaban J connectivity index is 2.10. The number of ether oxygens (including phenoxy) is 3. The first-order valence-corrected chi connectivity index (χ1v) is 8.64. The normalized spacial score (nSPS) is 11.0. The highest BCUT2D eigenvalue weighted by atomic mass is 16.5. The molecule has 0 bridgehead atoms. The van der Waals surface area contributed by atoms with Crippen LogP contribution in [0.2, 0.25) is 0 Å². The van der Waals surface area contributed by atoms with Crippen LogP contribution < -0.4 is 19.8 Å². The summed E-state index contributed by atoms with van der Waals surface area (Å²) in [6, 6.07) is 6.38. The van der Waals surface area contributed by atoms with Crippen LogP contribution in [0.4, 0.5) is 0 Å². The number of aromatic nitrogens is 2. The molecule has 29 heavy (non-hydrogen) atoms. The average molecular weight is 396 g/mol. The lowest BCUT2D eigenvalue weighted by Gasteiger charge is -2.12. The van der Waals surface area contributed by atoms with E-state index >= 15 is 0 Å². The van der Waals surface area contributed by atoms with Gasteiger partial charge in [0.25, 0.3) is 5.56 Å². The topological polar surface area (TPSA) is 99.4 Å². The second-order valence-electron chi connectivity index (χ2n) is 6.16. The molecule has 0 amide bonds. The molecule has 0 aliphatic rings. The molecular formula is C21H20N2O6. The predicted octanol–water partition coefficient (Wildman–Crippen LogP) is 2.90. The maximum Gasteiger partial charge on any atom is 0.337 e. The van der Waals surface area contributed by atoms with Crippen molar-refractivity contribution in [2.45, 2.75) is 6.92 Å². The summed E-state index contributed by atoms with van der Waals surface area (Å²) in [6.07, 6.45) is 4.73. The molecule has 3 aromatic rings. The number of nitrogens with zero attached hydrogens (tertiary/aromatic N) is 2. The lowest BCUT2D eigenvalue weighted by molar-refractivity contribution is 0.0696. The Labute approximate surface area is 166 Å².